The van der Waals surface area contributed by atoms with E-state index in [2.05, 4.69) is 32.9 Å². The Morgan fingerprint density at radius 1 is 0.377 bits per heavy atom. The van der Waals surface area contributed by atoms with E-state index in [1.54, 1.807) is 12.1 Å². The van der Waals surface area contributed by atoms with E-state index in [4.69, 9.17) is 19.8 Å². The monoisotopic (exact) mass is 1000 g/mol. The Labute approximate surface area is 469 Å². The molecule has 11 aromatic carbocycles. The molecule has 6 heterocycles. The van der Waals surface area contributed by atoms with E-state index in [1.807, 2.05) is 94.7 Å². The highest BCUT2D eigenvalue weighted by Gasteiger charge is 2.45. The lowest BCUT2D eigenvalue weighted by atomic mass is 9.33. The van der Waals surface area contributed by atoms with Crippen molar-refractivity contribution < 1.29 is 33.5 Å². The first-order chi connectivity index (χ1) is 45.3. The van der Waals surface area contributed by atoms with Gasteiger partial charge >= 0.3 is 0 Å². The van der Waals surface area contributed by atoms with E-state index in [0.717, 1.165) is 16.3 Å². The van der Waals surface area contributed by atoms with Gasteiger partial charge in [0.2, 0.25) is 0 Å². The number of aromatic nitrogens is 2. The summed E-state index contributed by atoms with van der Waals surface area (Å²) in [4.78, 5) is 4.08. The minimum atomic E-state index is -1.06. The van der Waals surface area contributed by atoms with Gasteiger partial charge in [0.25, 0.3) is 6.71 Å². The van der Waals surface area contributed by atoms with Gasteiger partial charge in [-0.25, -0.2) is 0 Å². The van der Waals surface area contributed by atoms with Crippen LogP contribution in [0.4, 0.5) is 34.1 Å². The number of hydrogen-bond donors (Lipinski definition) is 0. The van der Waals surface area contributed by atoms with Crippen LogP contribution in [0.25, 0.3) is 98.9 Å². The van der Waals surface area contributed by atoms with Crippen molar-refractivity contribution in [3.8, 4) is 11.4 Å². The molecule has 0 aliphatic carbocycles. The number of benzene rings is 11. The molecular weight excluding hydrogens is 940 g/mol. The maximum Gasteiger partial charge on any atom is 0.252 e. The van der Waals surface area contributed by atoms with Crippen LogP contribution in [-0.4, -0.2) is 15.8 Å². The number of hydrogen-bond acceptors (Lipinski definition) is 4. The molecule has 6 nitrogen and oxygen atoms in total. The highest BCUT2D eigenvalue weighted by molar-refractivity contribution is 7.00. The van der Waals surface area contributed by atoms with Crippen molar-refractivity contribution in [2.24, 2.45) is 0 Å². The molecular formula is C70H47BN4O2. The van der Waals surface area contributed by atoms with Crippen molar-refractivity contribution in [3.05, 3.63) is 236 Å². The molecule has 0 fully saturated rings. The Bertz CT molecular complexity index is 5610. The molecule has 0 radical (unpaired) electrons. The number of fused-ring (bicyclic) bond motifs is 16. The zero-order valence-corrected chi connectivity index (χ0v) is 41.2. The molecule has 0 unspecified atom stereocenters. The summed E-state index contributed by atoms with van der Waals surface area (Å²) >= 11 is 0. The fourth-order valence-corrected chi connectivity index (χ4v) is 12.2. The lowest BCUT2D eigenvalue weighted by Gasteiger charge is -2.45. The van der Waals surface area contributed by atoms with Gasteiger partial charge in [-0.1, -0.05) is 154 Å². The molecule has 15 aromatic rings. The normalized spacial score (nSPS) is 16.6. The largest absolute Gasteiger partial charge is 0.456 e. The van der Waals surface area contributed by atoms with Gasteiger partial charge in [0.1, 0.15) is 22.3 Å². The van der Waals surface area contributed by atoms with Crippen LogP contribution in [0.3, 0.4) is 0 Å². The summed E-state index contributed by atoms with van der Waals surface area (Å²) < 4.78 is 185. The molecule has 7 heteroatoms. The molecule has 17 rings (SSSR count). The van der Waals surface area contributed by atoms with E-state index < -0.39 is 109 Å². The molecule has 362 valence electrons. The molecule has 0 spiro atoms. The number of para-hydroxylation sites is 6. The van der Waals surface area contributed by atoms with Crippen LogP contribution in [0, 0.1) is 0 Å². The van der Waals surface area contributed by atoms with Crippen molar-refractivity contribution in [2.75, 3.05) is 9.80 Å². The van der Waals surface area contributed by atoms with E-state index in [9.17, 15) is 13.7 Å². The summed E-state index contributed by atoms with van der Waals surface area (Å²) in [6.07, 6.45) is 0. The summed E-state index contributed by atoms with van der Waals surface area (Å²) in [6, 6.07) is 27.8. The molecule has 0 N–H and O–H groups in total. The van der Waals surface area contributed by atoms with Gasteiger partial charge < -0.3 is 27.8 Å². The zero-order valence-electron chi connectivity index (χ0n) is 59.2. The van der Waals surface area contributed by atoms with Crippen LogP contribution in [-0.2, 0) is 5.41 Å². The van der Waals surface area contributed by atoms with Gasteiger partial charge in [-0.2, -0.15) is 0 Å². The maximum atomic E-state index is 10.8. The van der Waals surface area contributed by atoms with E-state index in [-0.39, 0.29) is 67.1 Å². The van der Waals surface area contributed by atoms with Gasteiger partial charge in [0.15, 0.2) is 0 Å². The van der Waals surface area contributed by atoms with Gasteiger partial charge in [0.05, 0.1) is 68.9 Å². The predicted octanol–water partition coefficient (Wildman–Crippen LogP) is 17.1. The first kappa shape index (κ1) is 28.8. The second-order valence-electron chi connectivity index (χ2n) is 20.7. The number of furan rings is 2. The van der Waals surface area contributed by atoms with Crippen LogP contribution < -0.4 is 26.2 Å². The van der Waals surface area contributed by atoms with Crippen molar-refractivity contribution >= 4 is 145 Å². The van der Waals surface area contributed by atoms with Crippen LogP contribution in [0.1, 0.15) is 51.0 Å². The molecule has 0 bridgehead atoms. The first-order valence-electron chi connectivity index (χ1n) is 34.2. The molecule has 2 aliphatic rings. The fraction of sp³-hybridized carbons (Fsp3) is 0.0571. The molecule has 0 atom stereocenters. The lowest BCUT2D eigenvalue weighted by Crippen LogP contribution is -2.61. The van der Waals surface area contributed by atoms with Gasteiger partial charge in [-0.3, -0.25) is 0 Å². The summed E-state index contributed by atoms with van der Waals surface area (Å²) in [6.45, 7) is 5.17. The van der Waals surface area contributed by atoms with Crippen molar-refractivity contribution in [1.29, 1.82) is 0 Å². The number of anilines is 6. The van der Waals surface area contributed by atoms with Crippen molar-refractivity contribution in [3.63, 3.8) is 0 Å². The third-order valence-corrected chi connectivity index (χ3v) is 15.5. The standard InChI is InChI=1S/C70H47BN4O2/c1-70(2,3)42-38-61-69-62(39-42)75(58-29-17-33-66-68(58)50-23-9-15-31-64(50)77-66)60-41-44(73-55-26-12-6-20-47(55)48-21-7-13-27-56(48)73)35-37-52(60)71(69)51-36-34-43(72-53-24-10-4-18-45(53)46-19-5-11-25-54(46)72)40-59(51)74(61)57-28-16-32-65-67(57)49-22-8-14-30-63(49)76-65/h4-41H,1-3H3/i4D,5D,6D,7D,10D,11D,12D,13D,18D,19D,20D,21D,24D,25D,26D,27D,36D,37D. The van der Waals surface area contributed by atoms with Gasteiger partial charge in [0, 0.05) is 66.4 Å². The molecule has 0 amide bonds. The van der Waals surface area contributed by atoms with Crippen LogP contribution >= 0.6 is 0 Å². The average Bonchev–Trinajstić information content (AvgIpc) is 1.60. The Morgan fingerprint density at radius 2 is 0.766 bits per heavy atom. The summed E-state index contributed by atoms with van der Waals surface area (Å²) in [5.74, 6) is 0. The van der Waals surface area contributed by atoms with Crippen LogP contribution in [0.15, 0.2) is 239 Å². The second-order valence-corrected chi connectivity index (χ2v) is 20.7. The SMILES string of the molecule is [2H]c1cc(-n2c3c([2H])c([2H])c([2H])c([2H])c3c3c([2H])c([2H])c([2H])c([2H])c32)cc2c1B1c3c([2H])cc(-n4c5c([2H])c([2H])c([2H])c([2H])c5c5c([2H])c([2H])c([2H])c([2H])c54)cc3N(c3cccc4oc5ccccc5c34)c3cc(C(C)(C)C)cc(c31)N2c1cccc2oc3ccccc3c12. The Morgan fingerprint density at radius 3 is 1.18 bits per heavy atom. The second kappa shape index (κ2) is 15.4. The highest BCUT2D eigenvalue weighted by Crippen LogP contribution is 2.51. The Balaban J connectivity index is 1.08. The summed E-state index contributed by atoms with van der Waals surface area (Å²) in [5.41, 5.74) is 6.35. The molecule has 0 saturated carbocycles. The summed E-state index contributed by atoms with van der Waals surface area (Å²) in [5, 5.41) is 2.29. The van der Waals surface area contributed by atoms with E-state index >= 15 is 0 Å². The van der Waals surface area contributed by atoms with E-state index in [1.165, 1.54) is 21.3 Å². The van der Waals surface area contributed by atoms with E-state index in [0.29, 0.717) is 83.6 Å². The highest BCUT2D eigenvalue weighted by atomic mass is 16.3. The van der Waals surface area contributed by atoms with Gasteiger partial charge in [-0.05, 0) is 124 Å². The minimum absolute atomic E-state index is 0.104. The fourth-order valence-electron chi connectivity index (χ4n) is 12.2. The first-order valence-corrected chi connectivity index (χ1v) is 25.2. The maximum absolute atomic E-state index is 10.8. The van der Waals surface area contributed by atoms with Crippen molar-refractivity contribution in [2.45, 2.75) is 26.2 Å². The number of nitrogens with zero attached hydrogens (tertiary/aromatic N) is 4. The molecule has 77 heavy (non-hydrogen) atoms. The zero-order chi connectivity index (χ0) is 66.5. The molecule has 2 aliphatic heterocycles. The average molecular weight is 1010 g/mol. The molecule has 0 saturated heterocycles. The summed E-state index contributed by atoms with van der Waals surface area (Å²) in [7, 11) is 0. The Hall–Kier alpha value is -9.72. The van der Waals surface area contributed by atoms with Crippen LogP contribution in [0.5, 0.6) is 0 Å². The van der Waals surface area contributed by atoms with Crippen LogP contribution in [0.2, 0.25) is 0 Å². The third kappa shape index (κ3) is 5.86. The molecule has 4 aromatic heterocycles. The van der Waals surface area contributed by atoms with Gasteiger partial charge in [-0.15, -0.1) is 0 Å². The van der Waals surface area contributed by atoms with Crippen molar-refractivity contribution in [1.82, 2.24) is 9.13 Å². The Kier molecular flexibility index (Phi) is 5.78. The topological polar surface area (TPSA) is 42.6 Å². The number of rotatable bonds is 4. The minimum Gasteiger partial charge on any atom is -0.456 e. The lowest BCUT2D eigenvalue weighted by molar-refractivity contribution is 0.590. The quantitative estimate of drug-likeness (QED) is 0.165. The smallest absolute Gasteiger partial charge is 0.252 e. The predicted molar refractivity (Wildman–Crippen MR) is 322 cm³/mol. The third-order valence-electron chi connectivity index (χ3n) is 15.5.